The van der Waals surface area contributed by atoms with Gasteiger partial charge in [0.25, 0.3) is 5.91 Å². The lowest BCUT2D eigenvalue weighted by molar-refractivity contribution is -0.274. The largest absolute Gasteiger partial charge is 0.573 e. The molecule has 0 radical (unpaired) electrons. The quantitative estimate of drug-likeness (QED) is 0.590. The van der Waals surface area contributed by atoms with Crippen molar-refractivity contribution in [3.05, 3.63) is 59.7 Å². The van der Waals surface area contributed by atoms with E-state index < -0.39 is 6.36 Å². The molecular weight excluding hydrogens is 461 g/mol. The van der Waals surface area contributed by atoms with E-state index in [4.69, 9.17) is 4.74 Å². The number of piperidine rings is 1. The maximum atomic E-state index is 12.9. The third-order valence-corrected chi connectivity index (χ3v) is 6.85. The van der Waals surface area contributed by atoms with E-state index in [1.165, 1.54) is 18.2 Å². The molecule has 35 heavy (non-hydrogen) atoms. The first kappa shape index (κ1) is 24.9. The van der Waals surface area contributed by atoms with Gasteiger partial charge in [-0.3, -0.25) is 9.59 Å². The summed E-state index contributed by atoms with van der Waals surface area (Å²) in [5.74, 6) is 0.149. The Bertz CT molecular complexity index is 1050. The van der Waals surface area contributed by atoms with Gasteiger partial charge in [0.2, 0.25) is 5.91 Å². The Balaban J connectivity index is 1.32. The lowest BCUT2D eigenvalue weighted by Crippen LogP contribution is -2.44. The molecule has 4 rings (SSSR count). The molecule has 2 fully saturated rings. The SMILES string of the molecule is CCOc1ccc(C(=O)N2CCC3(CCN(C(=O)Cc4ccccc4OC(F)(F)F)C3)CC2)cc1. The van der Waals surface area contributed by atoms with Gasteiger partial charge in [0.05, 0.1) is 13.0 Å². The molecule has 2 heterocycles. The summed E-state index contributed by atoms with van der Waals surface area (Å²) in [4.78, 5) is 29.4. The summed E-state index contributed by atoms with van der Waals surface area (Å²) >= 11 is 0. The number of rotatable bonds is 6. The van der Waals surface area contributed by atoms with Gasteiger partial charge < -0.3 is 19.3 Å². The standard InChI is InChI=1S/C26H29F3N2O4/c1-2-34-21-9-7-19(8-10-21)24(33)30-14-11-25(12-15-30)13-16-31(18-25)23(32)17-20-5-3-4-6-22(20)35-26(27,28)29/h3-10H,2,11-18H2,1H3. The molecule has 2 aliphatic heterocycles. The first-order valence-electron chi connectivity index (χ1n) is 11.8. The number of likely N-dealkylation sites (tertiary alicyclic amines) is 2. The van der Waals surface area contributed by atoms with Gasteiger partial charge in [-0.25, -0.2) is 0 Å². The van der Waals surface area contributed by atoms with Crippen LogP contribution in [0.3, 0.4) is 0 Å². The van der Waals surface area contributed by atoms with Crippen LogP contribution in [0.1, 0.15) is 42.1 Å². The van der Waals surface area contributed by atoms with Crippen molar-refractivity contribution >= 4 is 11.8 Å². The summed E-state index contributed by atoms with van der Waals surface area (Å²) in [5.41, 5.74) is 0.770. The zero-order valence-corrected chi connectivity index (χ0v) is 19.6. The van der Waals surface area contributed by atoms with Crippen LogP contribution in [0.25, 0.3) is 0 Å². The van der Waals surface area contributed by atoms with Gasteiger partial charge in [0.15, 0.2) is 0 Å². The van der Waals surface area contributed by atoms with Crippen LogP contribution in [-0.2, 0) is 11.2 Å². The molecule has 0 saturated carbocycles. The van der Waals surface area contributed by atoms with Crippen LogP contribution in [-0.4, -0.2) is 60.8 Å². The van der Waals surface area contributed by atoms with Crippen molar-refractivity contribution in [2.75, 3.05) is 32.8 Å². The first-order chi connectivity index (χ1) is 16.7. The molecule has 0 unspecified atom stereocenters. The molecule has 0 bridgehead atoms. The molecule has 1 spiro atoms. The fraction of sp³-hybridized carbons (Fsp3) is 0.462. The fourth-order valence-electron chi connectivity index (χ4n) is 4.93. The Hall–Kier alpha value is -3.23. The van der Waals surface area contributed by atoms with Crippen molar-refractivity contribution < 1.29 is 32.2 Å². The molecule has 2 aromatic rings. The number of hydrogen-bond acceptors (Lipinski definition) is 4. The predicted molar refractivity (Wildman–Crippen MR) is 123 cm³/mol. The summed E-state index contributed by atoms with van der Waals surface area (Å²) in [6.45, 7) is 4.80. The molecule has 0 N–H and O–H groups in total. The van der Waals surface area contributed by atoms with E-state index in [0.717, 1.165) is 25.0 Å². The predicted octanol–water partition coefficient (Wildman–Crippen LogP) is 4.68. The molecule has 2 aromatic carbocycles. The second-order valence-corrected chi connectivity index (χ2v) is 9.15. The molecule has 2 saturated heterocycles. The number of halogens is 3. The Morgan fingerprint density at radius 1 is 0.943 bits per heavy atom. The van der Waals surface area contributed by atoms with Crippen LogP contribution < -0.4 is 9.47 Å². The van der Waals surface area contributed by atoms with E-state index in [2.05, 4.69) is 4.74 Å². The highest BCUT2D eigenvalue weighted by Gasteiger charge is 2.43. The topological polar surface area (TPSA) is 59.1 Å². The van der Waals surface area contributed by atoms with Gasteiger partial charge in [-0.1, -0.05) is 18.2 Å². The van der Waals surface area contributed by atoms with E-state index in [1.807, 2.05) is 11.8 Å². The monoisotopic (exact) mass is 490 g/mol. The second kappa shape index (κ2) is 10.2. The number of hydrogen-bond donors (Lipinski definition) is 0. The third kappa shape index (κ3) is 6.07. The summed E-state index contributed by atoms with van der Waals surface area (Å²) in [7, 11) is 0. The zero-order valence-electron chi connectivity index (χ0n) is 19.6. The van der Waals surface area contributed by atoms with E-state index >= 15 is 0 Å². The Morgan fingerprint density at radius 3 is 2.20 bits per heavy atom. The number of ether oxygens (including phenoxy) is 2. The Labute approximate surface area is 202 Å². The minimum absolute atomic E-state index is 0.0184. The number of amides is 2. The van der Waals surface area contributed by atoms with Gasteiger partial charge in [-0.15, -0.1) is 13.2 Å². The van der Waals surface area contributed by atoms with Crippen LogP contribution in [0.4, 0.5) is 13.2 Å². The summed E-state index contributed by atoms with van der Waals surface area (Å²) in [6, 6.07) is 12.9. The minimum atomic E-state index is -4.81. The average Bonchev–Trinajstić information content (AvgIpc) is 3.24. The molecule has 2 aliphatic rings. The third-order valence-electron chi connectivity index (χ3n) is 6.85. The second-order valence-electron chi connectivity index (χ2n) is 9.15. The maximum absolute atomic E-state index is 12.9. The molecule has 0 atom stereocenters. The highest BCUT2D eigenvalue weighted by molar-refractivity contribution is 5.94. The number of nitrogens with zero attached hydrogens (tertiary/aromatic N) is 2. The van der Waals surface area contributed by atoms with Gasteiger partial charge in [-0.05, 0) is 61.9 Å². The van der Waals surface area contributed by atoms with Gasteiger partial charge in [0.1, 0.15) is 11.5 Å². The molecule has 0 aromatic heterocycles. The summed E-state index contributed by atoms with van der Waals surface area (Å²) < 4.78 is 47.6. The smallest absolute Gasteiger partial charge is 0.494 e. The van der Waals surface area contributed by atoms with Crippen molar-refractivity contribution in [1.82, 2.24) is 9.80 Å². The zero-order chi connectivity index (χ0) is 25.1. The van der Waals surface area contributed by atoms with Crippen LogP contribution in [0, 0.1) is 5.41 Å². The highest BCUT2D eigenvalue weighted by Crippen LogP contribution is 2.41. The fourth-order valence-corrected chi connectivity index (χ4v) is 4.93. The first-order valence-corrected chi connectivity index (χ1v) is 11.8. The summed E-state index contributed by atoms with van der Waals surface area (Å²) in [5, 5.41) is 0. The lowest BCUT2D eigenvalue weighted by atomic mass is 9.77. The average molecular weight is 491 g/mol. The van der Waals surface area contributed by atoms with Crippen molar-refractivity contribution in [3.63, 3.8) is 0 Å². The maximum Gasteiger partial charge on any atom is 0.573 e. The molecule has 0 aliphatic carbocycles. The minimum Gasteiger partial charge on any atom is -0.494 e. The van der Waals surface area contributed by atoms with E-state index in [9.17, 15) is 22.8 Å². The number of benzene rings is 2. The van der Waals surface area contributed by atoms with Crippen molar-refractivity contribution in [1.29, 1.82) is 0 Å². The molecular formula is C26H29F3N2O4. The van der Waals surface area contributed by atoms with Crippen molar-refractivity contribution in [2.24, 2.45) is 5.41 Å². The van der Waals surface area contributed by atoms with Crippen LogP contribution in [0.5, 0.6) is 11.5 Å². The van der Waals surface area contributed by atoms with E-state index in [-0.39, 0.29) is 35.0 Å². The van der Waals surface area contributed by atoms with E-state index in [0.29, 0.717) is 38.3 Å². The van der Waals surface area contributed by atoms with Gasteiger partial charge in [-0.2, -0.15) is 0 Å². The summed E-state index contributed by atoms with van der Waals surface area (Å²) in [6.07, 6.45) is -2.57. The van der Waals surface area contributed by atoms with Gasteiger partial charge >= 0.3 is 6.36 Å². The van der Waals surface area contributed by atoms with Crippen LogP contribution in [0.15, 0.2) is 48.5 Å². The van der Waals surface area contributed by atoms with Crippen molar-refractivity contribution in [3.8, 4) is 11.5 Å². The molecule has 188 valence electrons. The molecule has 9 heteroatoms. The number of para-hydroxylation sites is 1. The number of alkyl halides is 3. The Kier molecular flexibility index (Phi) is 7.23. The number of carbonyl (C=O) groups excluding carboxylic acids is 2. The van der Waals surface area contributed by atoms with Gasteiger partial charge in [0, 0.05) is 37.3 Å². The normalized spacial score (nSPS) is 17.5. The van der Waals surface area contributed by atoms with Crippen molar-refractivity contribution in [2.45, 2.75) is 39.0 Å². The van der Waals surface area contributed by atoms with E-state index in [1.54, 1.807) is 35.2 Å². The molecule has 2 amide bonds. The van der Waals surface area contributed by atoms with Crippen LogP contribution >= 0.6 is 0 Å². The lowest BCUT2D eigenvalue weighted by Gasteiger charge is -2.39. The number of carbonyl (C=O) groups is 2. The van der Waals surface area contributed by atoms with Crippen LogP contribution in [0.2, 0.25) is 0 Å². The highest BCUT2D eigenvalue weighted by atomic mass is 19.4. The molecule has 6 nitrogen and oxygen atoms in total. The Morgan fingerprint density at radius 2 is 1.57 bits per heavy atom.